The van der Waals surface area contributed by atoms with Crippen LogP contribution in [0.25, 0.3) is 0 Å². The number of hydrogen-bond donors (Lipinski definition) is 0. The van der Waals surface area contributed by atoms with E-state index in [2.05, 4.69) is 12.1 Å². The van der Waals surface area contributed by atoms with Gasteiger partial charge in [0.05, 0.1) is 12.1 Å². The van der Waals surface area contributed by atoms with Gasteiger partial charge in [-0.2, -0.15) is 10.5 Å². The molecule has 72 valence electrons. The molecular formula is C10H16N2O. The first-order valence-corrected chi connectivity index (χ1v) is 4.73. The van der Waals surface area contributed by atoms with E-state index < -0.39 is 0 Å². The molecule has 0 atom stereocenters. The highest BCUT2D eigenvalue weighted by molar-refractivity contribution is 4.68. The zero-order valence-electron chi connectivity index (χ0n) is 7.96. The maximum absolute atomic E-state index is 8.24. The Morgan fingerprint density at radius 3 is 1.62 bits per heavy atom. The largest absolute Gasteiger partial charge is 0.381 e. The first-order chi connectivity index (χ1) is 6.41. The van der Waals surface area contributed by atoms with Gasteiger partial charge < -0.3 is 4.74 Å². The van der Waals surface area contributed by atoms with Crippen LogP contribution in [0.15, 0.2) is 0 Å². The van der Waals surface area contributed by atoms with Gasteiger partial charge in [0, 0.05) is 26.1 Å². The van der Waals surface area contributed by atoms with E-state index in [0.717, 1.165) is 38.9 Å². The summed E-state index contributed by atoms with van der Waals surface area (Å²) in [6, 6.07) is 4.19. The Labute approximate surface area is 79.9 Å². The average molecular weight is 180 g/mol. The summed E-state index contributed by atoms with van der Waals surface area (Å²) < 4.78 is 5.31. The number of hydrogen-bond acceptors (Lipinski definition) is 3. The molecule has 0 N–H and O–H groups in total. The van der Waals surface area contributed by atoms with Crippen molar-refractivity contribution in [3.05, 3.63) is 0 Å². The van der Waals surface area contributed by atoms with Crippen molar-refractivity contribution in [1.29, 1.82) is 10.5 Å². The predicted molar refractivity (Wildman–Crippen MR) is 49.7 cm³/mol. The smallest absolute Gasteiger partial charge is 0.0621 e. The lowest BCUT2D eigenvalue weighted by Gasteiger charge is -2.01. The molecule has 0 saturated heterocycles. The average Bonchev–Trinajstić information content (AvgIpc) is 2.16. The van der Waals surface area contributed by atoms with Crippen LogP contribution in [0.4, 0.5) is 0 Å². The van der Waals surface area contributed by atoms with Crippen LogP contribution in [0.3, 0.4) is 0 Å². The van der Waals surface area contributed by atoms with Gasteiger partial charge in [0.2, 0.25) is 0 Å². The molecule has 0 amide bonds. The summed E-state index contributed by atoms with van der Waals surface area (Å²) in [5, 5.41) is 16.5. The SMILES string of the molecule is N#CCCCCOCCCCC#N. The molecule has 0 saturated carbocycles. The van der Waals surface area contributed by atoms with Gasteiger partial charge in [0.15, 0.2) is 0 Å². The van der Waals surface area contributed by atoms with Crippen LogP contribution in [0, 0.1) is 22.7 Å². The van der Waals surface area contributed by atoms with Crippen molar-refractivity contribution in [2.24, 2.45) is 0 Å². The lowest BCUT2D eigenvalue weighted by atomic mass is 10.2. The zero-order chi connectivity index (χ0) is 9.78. The summed E-state index contributed by atoms with van der Waals surface area (Å²) in [5.41, 5.74) is 0. The van der Waals surface area contributed by atoms with Crippen molar-refractivity contribution >= 4 is 0 Å². The highest BCUT2D eigenvalue weighted by atomic mass is 16.5. The van der Waals surface area contributed by atoms with Crippen LogP contribution >= 0.6 is 0 Å². The predicted octanol–water partition coefficient (Wildman–Crippen LogP) is 2.39. The highest BCUT2D eigenvalue weighted by Crippen LogP contribution is 1.97. The van der Waals surface area contributed by atoms with E-state index in [1.165, 1.54) is 0 Å². The third kappa shape index (κ3) is 10.9. The topological polar surface area (TPSA) is 56.8 Å². The van der Waals surface area contributed by atoms with Crippen molar-refractivity contribution in [3.8, 4) is 12.1 Å². The molecule has 0 aromatic rings. The summed E-state index contributed by atoms with van der Waals surface area (Å²) in [7, 11) is 0. The quantitative estimate of drug-likeness (QED) is 0.539. The zero-order valence-corrected chi connectivity index (χ0v) is 7.96. The minimum absolute atomic E-state index is 0.623. The third-order valence-electron chi connectivity index (χ3n) is 1.65. The number of nitrogens with zero attached hydrogens (tertiary/aromatic N) is 2. The van der Waals surface area contributed by atoms with Gasteiger partial charge in [0.25, 0.3) is 0 Å². The van der Waals surface area contributed by atoms with E-state index in [9.17, 15) is 0 Å². The maximum Gasteiger partial charge on any atom is 0.0621 e. The summed E-state index contributed by atoms with van der Waals surface area (Å²) in [4.78, 5) is 0. The van der Waals surface area contributed by atoms with Crippen molar-refractivity contribution in [1.82, 2.24) is 0 Å². The first-order valence-electron chi connectivity index (χ1n) is 4.73. The Morgan fingerprint density at radius 1 is 0.769 bits per heavy atom. The van der Waals surface area contributed by atoms with E-state index in [-0.39, 0.29) is 0 Å². The van der Waals surface area contributed by atoms with Gasteiger partial charge in [-0.3, -0.25) is 0 Å². The maximum atomic E-state index is 8.24. The number of unbranched alkanes of at least 4 members (excludes halogenated alkanes) is 4. The minimum Gasteiger partial charge on any atom is -0.381 e. The van der Waals surface area contributed by atoms with Crippen LogP contribution in [0.2, 0.25) is 0 Å². The van der Waals surface area contributed by atoms with E-state index >= 15 is 0 Å². The second kappa shape index (κ2) is 10.9. The van der Waals surface area contributed by atoms with Crippen LogP contribution in [-0.2, 0) is 4.74 Å². The van der Waals surface area contributed by atoms with Crippen LogP contribution < -0.4 is 0 Å². The molecule has 0 spiro atoms. The van der Waals surface area contributed by atoms with E-state index in [1.54, 1.807) is 0 Å². The lowest BCUT2D eigenvalue weighted by Crippen LogP contribution is -1.96. The fraction of sp³-hybridized carbons (Fsp3) is 0.800. The van der Waals surface area contributed by atoms with Crippen molar-refractivity contribution in [3.63, 3.8) is 0 Å². The lowest BCUT2D eigenvalue weighted by molar-refractivity contribution is 0.127. The molecule has 3 nitrogen and oxygen atoms in total. The van der Waals surface area contributed by atoms with E-state index in [4.69, 9.17) is 15.3 Å². The van der Waals surface area contributed by atoms with Crippen molar-refractivity contribution in [2.45, 2.75) is 38.5 Å². The van der Waals surface area contributed by atoms with Crippen LogP contribution in [0.1, 0.15) is 38.5 Å². The highest BCUT2D eigenvalue weighted by Gasteiger charge is 1.90. The van der Waals surface area contributed by atoms with Gasteiger partial charge in [-0.05, 0) is 25.7 Å². The molecule has 0 fully saturated rings. The molecule has 0 aromatic carbocycles. The first kappa shape index (κ1) is 11.9. The second-order valence-electron chi connectivity index (χ2n) is 2.84. The van der Waals surface area contributed by atoms with Gasteiger partial charge in [-0.1, -0.05) is 0 Å². The van der Waals surface area contributed by atoms with Crippen LogP contribution in [-0.4, -0.2) is 13.2 Å². The summed E-state index contributed by atoms with van der Waals surface area (Å²) in [6.07, 6.45) is 5.02. The van der Waals surface area contributed by atoms with Gasteiger partial charge >= 0.3 is 0 Å². The van der Waals surface area contributed by atoms with Crippen LogP contribution in [0.5, 0.6) is 0 Å². The molecule has 13 heavy (non-hydrogen) atoms. The Hall–Kier alpha value is -1.06. The normalized spacial score (nSPS) is 9.08. The molecule has 3 heteroatoms. The summed E-state index contributed by atoms with van der Waals surface area (Å²) >= 11 is 0. The molecule has 0 aliphatic rings. The van der Waals surface area contributed by atoms with E-state index in [0.29, 0.717) is 12.8 Å². The van der Waals surface area contributed by atoms with E-state index in [1.807, 2.05) is 0 Å². The molecule has 0 heterocycles. The second-order valence-corrected chi connectivity index (χ2v) is 2.84. The Kier molecular flexibility index (Phi) is 10.0. The molecule has 0 aliphatic heterocycles. The Morgan fingerprint density at radius 2 is 1.23 bits per heavy atom. The monoisotopic (exact) mass is 180 g/mol. The molecule has 0 rings (SSSR count). The summed E-state index contributed by atoms with van der Waals surface area (Å²) in [5.74, 6) is 0. The Bertz CT molecular complexity index is 158. The number of ether oxygens (including phenoxy) is 1. The van der Waals surface area contributed by atoms with Gasteiger partial charge in [-0.25, -0.2) is 0 Å². The van der Waals surface area contributed by atoms with Gasteiger partial charge in [-0.15, -0.1) is 0 Å². The number of rotatable bonds is 8. The van der Waals surface area contributed by atoms with Gasteiger partial charge in [0.1, 0.15) is 0 Å². The standard InChI is InChI=1S/C10H16N2O/c11-7-3-1-5-9-13-10-6-2-4-8-12/h1-6,9-10H2. The third-order valence-corrected chi connectivity index (χ3v) is 1.65. The molecule has 0 radical (unpaired) electrons. The fourth-order valence-corrected chi connectivity index (χ4v) is 0.918. The molecule has 0 aliphatic carbocycles. The molecule has 0 aromatic heterocycles. The molecular weight excluding hydrogens is 164 g/mol. The Balaban J connectivity index is 2.85. The molecule has 0 unspecified atom stereocenters. The minimum atomic E-state index is 0.623. The van der Waals surface area contributed by atoms with Crippen molar-refractivity contribution in [2.75, 3.05) is 13.2 Å². The molecule has 0 bridgehead atoms. The summed E-state index contributed by atoms with van der Waals surface area (Å²) in [6.45, 7) is 1.49. The fourth-order valence-electron chi connectivity index (χ4n) is 0.918. The number of nitriles is 2. The van der Waals surface area contributed by atoms with Crippen molar-refractivity contribution < 1.29 is 4.74 Å².